The number of hydrogen-bond acceptors (Lipinski definition) is 5. The highest BCUT2D eigenvalue weighted by Gasteiger charge is 2.09. The van der Waals surface area contributed by atoms with E-state index in [1.807, 2.05) is 30.3 Å². The molecule has 0 spiro atoms. The Morgan fingerprint density at radius 3 is 2.36 bits per heavy atom. The van der Waals surface area contributed by atoms with E-state index in [0.29, 0.717) is 17.0 Å². The zero-order valence-corrected chi connectivity index (χ0v) is 12.2. The molecule has 3 aromatic rings. The van der Waals surface area contributed by atoms with Gasteiger partial charge < -0.3 is 0 Å². The van der Waals surface area contributed by atoms with E-state index in [4.69, 9.17) is 12.2 Å². The van der Waals surface area contributed by atoms with Crippen molar-refractivity contribution >= 4 is 17.9 Å². The number of tetrazole rings is 1. The molecule has 7 nitrogen and oxygen atoms in total. The Bertz CT molecular complexity index is 855. The molecule has 8 heteroatoms. The van der Waals surface area contributed by atoms with Crippen molar-refractivity contribution in [2.45, 2.75) is 6.54 Å². The lowest BCUT2D eigenvalue weighted by Gasteiger charge is -2.01. The SMILES string of the molecule is O=[N+]([O-])c1ccc(-n2nnn(Cc3ccccc3)c2=S)cc1. The first kappa shape index (κ1) is 14.1. The molecule has 0 N–H and O–H groups in total. The van der Waals surface area contributed by atoms with Gasteiger partial charge in [-0.1, -0.05) is 30.3 Å². The fourth-order valence-corrected chi connectivity index (χ4v) is 2.25. The summed E-state index contributed by atoms with van der Waals surface area (Å²) in [6, 6.07) is 15.8. The van der Waals surface area contributed by atoms with Crippen LogP contribution >= 0.6 is 12.2 Å². The van der Waals surface area contributed by atoms with Gasteiger partial charge >= 0.3 is 0 Å². The van der Waals surface area contributed by atoms with Gasteiger partial charge in [0.15, 0.2) is 0 Å². The highest BCUT2D eigenvalue weighted by atomic mass is 32.1. The maximum absolute atomic E-state index is 10.7. The number of nitrogens with zero attached hydrogens (tertiary/aromatic N) is 5. The van der Waals surface area contributed by atoms with Gasteiger partial charge in [0, 0.05) is 12.1 Å². The minimum absolute atomic E-state index is 0.0203. The number of nitro groups is 1. The lowest BCUT2D eigenvalue weighted by molar-refractivity contribution is -0.384. The standard InChI is InChI=1S/C14H11N5O2S/c20-19(21)13-8-6-12(7-9-13)18-14(22)17(15-16-18)10-11-4-2-1-3-5-11/h1-9H,10H2. The minimum atomic E-state index is -0.449. The molecule has 1 heterocycles. The van der Waals surface area contributed by atoms with Crippen LogP contribution in [0.25, 0.3) is 5.69 Å². The first-order chi connectivity index (χ1) is 10.6. The number of aromatic nitrogens is 4. The van der Waals surface area contributed by atoms with Gasteiger partial charge in [-0.25, -0.2) is 4.68 Å². The summed E-state index contributed by atoms with van der Waals surface area (Å²) in [4.78, 5) is 10.2. The van der Waals surface area contributed by atoms with Gasteiger partial charge in [-0.15, -0.1) is 0 Å². The Morgan fingerprint density at radius 2 is 1.73 bits per heavy atom. The number of hydrogen-bond donors (Lipinski definition) is 0. The van der Waals surface area contributed by atoms with Crippen molar-refractivity contribution < 1.29 is 4.92 Å². The van der Waals surface area contributed by atoms with Crippen molar-refractivity contribution in [1.82, 2.24) is 19.8 Å². The van der Waals surface area contributed by atoms with Gasteiger partial charge in [-0.2, -0.15) is 4.68 Å². The number of non-ortho nitro benzene ring substituents is 1. The fraction of sp³-hybridized carbons (Fsp3) is 0.0714. The summed E-state index contributed by atoms with van der Waals surface area (Å²) in [6.07, 6.45) is 0. The Labute approximate surface area is 130 Å². The molecule has 1 aromatic heterocycles. The summed E-state index contributed by atoms with van der Waals surface area (Å²) >= 11 is 5.36. The second-order valence-electron chi connectivity index (χ2n) is 4.59. The van der Waals surface area contributed by atoms with E-state index in [2.05, 4.69) is 10.4 Å². The van der Waals surface area contributed by atoms with Crippen LogP contribution < -0.4 is 0 Å². The Kier molecular flexibility index (Phi) is 3.75. The lowest BCUT2D eigenvalue weighted by Crippen LogP contribution is -2.03. The summed E-state index contributed by atoms with van der Waals surface area (Å²) in [5.41, 5.74) is 1.72. The van der Waals surface area contributed by atoms with E-state index in [1.165, 1.54) is 16.8 Å². The van der Waals surface area contributed by atoms with Crippen molar-refractivity contribution in [2.75, 3.05) is 0 Å². The molecule has 2 aromatic carbocycles. The minimum Gasteiger partial charge on any atom is -0.258 e. The number of rotatable bonds is 4. The summed E-state index contributed by atoms with van der Waals surface area (Å²) in [5.74, 6) is 0. The Morgan fingerprint density at radius 1 is 1.05 bits per heavy atom. The van der Waals surface area contributed by atoms with Gasteiger partial charge in [0.1, 0.15) is 0 Å². The maximum Gasteiger partial charge on any atom is 0.269 e. The monoisotopic (exact) mass is 313 g/mol. The van der Waals surface area contributed by atoms with Gasteiger partial charge in [0.05, 0.1) is 17.2 Å². The molecule has 0 fully saturated rings. The molecule has 0 radical (unpaired) electrons. The topological polar surface area (TPSA) is 78.8 Å². The number of nitro benzene ring substituents is 1. The highest BCUT2D eigenvalue weighted by Crippen LogP contribution is 2.15. The molecule has 0 aliphatic heterocycles. The molecule has 0 amide bonds. The molecule has 0 saturated heterocycles. The quantitative estimate of drug-likeness (QED) is 0.420. The van der Waals surface area contributed by atoms with Crippen LogP contribution in [0.2, 0.25) is 0 Å². The van der Waals surface area contributed by atoms with Gasteiger partial charge in [-0.3, -0.25) is 10.1 Å². The molecule has 0 aliphatic carbocycles. The van der Waals surface area contributed by atoms with Crippen molar-refractivity contribution in [3.63, 3.8) is 0 Å². The van der Waals surface area contributed by atoms with E-state index >= 15 is 0 Å². The number of benzene rings is 2. The third kappa shape index (κ3) is 2.77. The molecule has 110 valence electrons. The molecule has 0 aliphatic rings. The highest BCUT2D eigenvalue weighted by molar-refractivity contribution is 7.71. The summed E-state index contributed by atoms with van der Waals surface area (Å²) in [5, 5.41) is 18.7. The van der Waals surface area contributed by atoms with E-state index < -0.39 is 4.92 Å². The zero-order chi connectivity index (χ0) is 15.5. The fourth-order valence-electron chi connectivity index (χ4n) is 2.01. The van der Waals surface area contributed by atoms with Crippen LogP contribution in [0.15, 0.2) is 54.6 Å². The largest absolute Gasteiger partial charge is 0.269 e. The molecule has 0 saturated carbocycles. The van der Waals surface area contributed by atoms with Crippen LogP contribution in [0.4, 0.5) is 5.69 Å². The Balaban J connectivity index is 1.90. The summed E-state index contributed by atoms with van der Waals surface area (Å²) < 4.78 is 3.51. The van der Waals surface area contributed by atoms with Crippen molar-refractivity contribution in [3.05, 3.63) is 75.0 Å². The second kappa shape index (κ2) is 5.86. The van der Waals surface area contributed by atoms with Gasteiger partial charge in [-0.05, 0) is 40.3 Å². The van der Waals surface area contributed by atoms with Gasteiger partial charge in [0.2, 0.25) is 4.77 Å². The van der Waals surface area contributed by atoms with E-state index in [0.717, 1.165) is 5.56 Å². The van der Waals surface area contributed by atoms with Crippen LogP contribution in [0.1, 0.15) is 5.56 Å². The normalized spacial score (nSPS) is 10.5. The average Bonchev–Trinajstić information content (AvgIpc) is 2.89. The molecule has 0 unspecified atom stereocenters. The van der Waals surface area contributed by atoms with E-state index in [9.17, 15) is 10.1 Å². The van der Waals surface area contributed by atoms with E-state index in [1.54, 1.807) is 16.8 Å². The molecule has 0 atom stereocenters. The van der Waals surface area contributed by atoms with Gasteiger partial charge in [0.25, 0.3) is 5.69 Å². The summed E-state index contributed by atoms with van der Waals surface area (Å²) in [6.45, 7) is 0.520. The molecular formula is C14H11N5O2S. The Hall–Kier alpha value is -2.87. The molecular weight excluding hydrogens is 302 g/mol. The zero-order valence-electron chi connectivity index (χ0n) is 11.4. The maximum atomic E-state index is 10.7. The van der Waals surface area contributed by atoms with Crippen LogP contribution in [0, 0.1) is 14.9 Å². The molecule has 3 rings (SSSR count). The van der Waals surface area contributed by atoms with Crippen LogP contribution in [-0.2, 0) is 6.54 Å². The summed E-state index contributed by atoms with van der Waals surface area (Å²) in [7, 11) is 0. The predicted molar refractivity (Wildman–Crippen MR) is 82.4 cm³/mol. The second-order valence-corrected chi connectivity index (χ2v) is 4.96. The average molecular weight is 313 g/mol. The van der Waals surface area contributed by atoms with Crippen molar-refractivity contribution in [1.29, 1.82) is 0 Å². The van der Waals surface area contributed by atoms with Crippen LogP contribution in [-0.4, -0.2) is 24.7 Å². The molecule has 22 heavy (non-hydrogen) atoms. The van der Waals surface area contributed by atoms with Crippen LogP contribution in [0.3, 0.4) is 0 Å². The smallest absolute Gasteiger partial charge is 0.258 e. The van der Waals surface area contributed by atoms with Crippen LogP contribution in [0.5, 0.6) is 0 Å². The van der Waals surface area contributed by atoms with Crippen molar-refractivity contribution in [2.24, 2.45) is 0 Å². The first-order valence-corrected chi connectivity index (χ1v) is 6.87. The third-order valence-electron chi connectivity index (χ3n) is 3.12. The van der Waals surface area contributed by atoms with E-state index in [-0.39, 0.29) is 5.69 Å². The molecule has 0 bridgehead atoms. The van der Waals surface area contributed by atoms with Crippen molar-refractivity contribution in [3.8, 4) is 5.69 Å². The third-order valence-corrected chi connectivity index (χ3v) is 3.50. The predicted octanol–water partition coefficient (Wildman–Crippen LogP) is 2.75. The lowest BCUT2D eigenvalue weighted by atomic mass is 10.2. The first-order valence-electron chi connectivity index (χ1n) is 6.47.